The summed E-state index contributed by atoms with van der Waals surface area (Å²) >= 11 is 3.33. The monoisotopic (exact) mass is 288 g/mol. The average Bonchev–Trinajstić information content (AvgIpc) is 2.24. The van der Waals surface area contributed by atoms with E-state index in [1.807, 2.05) is 24.3 Å². The van der Waals surface area contributed by atoms with Crippen LogP contribution in [0, 0.1) is 0 Å². The number of carboxylic acids is 1. The molecule has 1 N–H and O–H groups in total. The number of carbonyl (C=O) groups is 1. The second-order valence-corrected chi connectivity index (χ2v) is 4.14. The van der Waals surface area contributed by atoms with Crippen molar-refractivity contribution in [3.8, 4) is 0 Å². The summed E-state index contributed by atoms with van der Waals surface area (Å²) in [6.45, 7) is 0.295. The zero-order chi connectivity index (χ0) is 12.0. The molecule has 0 aliphatic rings. The third-order valence-corrected chi connectivity index (χ3v) is 2.43. The molecule has 0 saturated carbocycles. The van der Waals surface area contributed by atoms with E-state index in [4.69, 9.17) is 14.6 Å². The van der Waals surface area contributed by atoms with Gasteiger partial charge in [0.05, 0.1) is 13.2 Å². The number of carboxylic acid groups (broad SMARTS) is 1. The molecule has 1 atom stereocenters. The predicted octanol–water partition coefficient (Wildman–Crippen LogP) is 2.07. The van der Waals surface area contributed by atoms with Crippen LogP contribution >= 0.6 is 15.9 Å². The van der Waals surface area contributed by atoms with Crippen molar-refractivity contribution in [3.63, 3.8) is 0 Å². The largest absolute Gasteiger partial charge is 0.479 e. The Balaban J connectivity index is 2.51. The van der Waals surface area contributed by atoms with Crippen LogP contribution in [0.4, 0.5) is 0 Å². The number of methoxy groups -OCH3 is 1. The lowest BCUT2D eigenvalue weighted by Crippen LogP contribution is -2.28. The number of hydrogen-bond donors (Lipinski definition) is 1. The fourth-order valence-electron chi connectivity index (χ4n) is 1.17. The molecular formula is C11H13BrO4. The van der Waals surface area contributed by atoms with E-state index in [-0.39, 0.29) is 13.2 Å². The van der Waals surface area contributed by atoms with Crippen LogP contribution in [-0.2, 0) is 20.9 Å². The number of benzene rings is 1. The van der Waals surface area contributed by atoms with Crippen molar-refractivity contribution in [2.24, 2.45) is 0 Å². The standard InChI is InChI=1S/C11H13BrO4/c1-15-7-10(11(13)14)16-6-8-3-2-4-9(12)5-8/h2-5,10H,6-7H2,1H3,(H,13,14). The first-order valence-corrected chi connectivity index (χ1v) is 5.50. The van der Waals surface area contributed by atoms with Crippen molar-refractivity contribution in [1.82, 2.24) is 0 Å². The summed E-state index contributed by atoms with van der Waals surface area (Å²) in [5, 5.41) is 8.82. The maximum atomic E-state index is 10.8. The van der Waals surface area contributed by atoms with Gasteiger partial charge in [-0.3, -0.25) is 0 Å². The van der Waals surface area contributed by atoms with Crippen molar-refractivity contribution in [3.05, 3.63) is 34.3 Å². The Morgan fingerprint density at radius 2 is 2.31 bits per heavy atom. The first-order chi connectivity index (χ1) is 7.63. The summed E-state index contributed by atoms with van der Waals surface area (Å²) in [6, 6.07) is 7.52. The molecule has 1 aromatic carbocycles. The molecule has 4 nitrogen and oxygen atoms in total. The second-order valence-electron chi connectivity index (χ2n) is 3.22. The summed E-state index contributed by atoms with van der Waals surface area (Å²) in [6.07, 6.45) is -0.927. The number of rotatable bonds is 6. The molecule has 0 bridgehead atoms. The van der Waals surface area contributed by atoms with Gasteiger partial charge in [0, 0.05) is 11.6 Å². The van der Waals surface area contributed by atoms with E-state index in [0.717, 1.165) is 10.0 Å². The highest BCUT2D eigenvalue weighted by Crippen LogP contribution is 2.13. The highest BCUT2D eigenvalue weighted by Gasteiger charge is 2.17. The number of hydrogen-bond acceptors (Lipinski definition) is 3. The molecule has 0 fully saturated rings. The van der Waals surface area contributed by atoms with Crippen LogP contribution in [0.3, 0.4) is 0 Å². The predicted molar refractivity (Wildman–Crippen MR) is 62.2 cm³/mol. The van der Waals surface area contributed by atoms with Gasteiger partial charge < -0.3 is 14.6 Å². The maximum Gasteiger partial charge on any atom is 0.335 e. The van der Waals surface area contributed by atoms with Gasteiger partial charge in [0.25, 0.3) is 0 Å². The summed E-state index contributed by atoms with van der Waals surface area (Å²) in [5.74, 6) is -1.02. The Kier molecular flexibility index (Phi) is 5.45. The zero-order valence-electron chi connectivity index (χ0n) is 8.85. The topological polar surface area (TPSA) is 55.8 Å². The highest BCUT2D eigenvalue weighted by molar-refractivity contribution is 9.10. The molecule has 16 heavy (non-hydrogen) atoms. The summed E-state index contributed by atoms with van der Waals surface area (Å²) in [7, 11) is 1.44. The Morgan fingerprint density at radius 3 is 2.88 bits per heavy atom. The molecule has 0 spiro atoms. The van der Waals surface area contributed by atoms with Gasteiger partial charge in [-0.05, 0) is 17.7 Å². The van der Waals surface area contributed by atoms with Crippen LogP contribution in [0.2, 0.25) is 0 Å². The third kappa shape index (κ3) is 4.30. The minimum atomic E-state index is -1.02. The fraction of sp³-hybridized carbons (Fsp3) is 0.364. The Hall–Kier alpha value is -0.910. The molecule has 0 aliphatic heterocycles. The summed E-state index contributed by atoms with van der Waals surface area (Å²) < 4.78 is 10.9. The molecule has 0 aromatic heterocycles. The molecule has 88 valence electrons. The van der Waals surface area contributed by atoms with E-state index in [9.17, 15) is 4.79 Å². The van der Waals surface area contributed by atoms with Crippen molar-refractivity contribution in [2.45, 2.75) is 12.7 Å². The minimum absolute atomic E-state index is 0.0450. The van der Waals surface area contributed by atoms with Crippen molar-refractivity contribution in [2.75, 3.05) is 13.7 Å². The van der Waals surface area contributed by atoms with Crippen molar-refractivity contribution >= 4 is 21.9 Å². The third-order valence-electron chi connectivity index (χ3n) is 1.93. The summed E-state index contributed by atoms with van der Waals surface area (Å²) in [5.41, 5.74) is 0.914. The molecule has 1 rings (SSSR count). The van der Waals surface area contributed by atoms with Gasteiger partial charge in [-0.1, -0.05) is 28.1 Å². The Labute approximate surface area is 102 Å². The highest BCUT2D eigenvalue weighted by atomic mass is 79.9. The van der Waals surface area contributed by atoms with E-state index in [2.05, 4.69) is 15.9 Å². The van der Waals surface area contributed by atoms with Gasteiger partial charge in [0.15, 0.2) is 6.10 Å². The number of halogens is 1. The first kappa shape index (κ1) is 13.2. The van der Waals surface area contributed by atoms with E-state index in [1.54, 1.807) is 0 Å². The van der Waals surface area contributed by atoms with Crippen LogP contribution in [0.5, 0.6) is 0 Å². The number of aliphatic carboxylic acids is 1. The van der Waals surface area contributed by atoms with E-state index < -0.39 is 12.1 Å². The van der Waals surface area contributed by atoms with Gasteiger partial charge in [0.2, 0.25) is 0 Å². The van der Waals surface area contributed by atoms with Gasteiger partial charge >= 0.3 is 5.97 Å². The maximum absolute atomic E-state index is 10.8. The van der Waals surface area contributed by atoms with Crippen LogP contribution < -0.4 is 0 Å². The van der Waals surface area contributed by atoms with Gasteiger partial charge in [-0.25, -0.2) is 4.79 Å². The minimum Gasteiger partial charge on any atom is -0.479 e. The van der Waals surface area contributed by atoms with Gasteiger partial charge in [-0.15, -0.1) is 0 Å². The van der Waals surface area contributed by atoms with E-state index in [1.165, 1.54) is 7.11 Å². The summed E-state index contributed by atoms with van der Waals surface area (Å²) in [4.78, 5) is 10.8. The lowest BCUT2D eigenvalue weighted by molar-refractivity contribution is -0.154. The molecular weight excluding hydrogens is 276 g/mol. The molecule has 0 heterocycles. The van der Waals surface area contributed by atoms with Crippen LogP contribution in [0.1, 0.15) is 5.56 Å². The molecule has 0 amide bonds. The second kappa shape index (κ2) is 6.62. The van der Waals surface area contributed by atoms with Crippen LogP contribution in [0.25, 0.3) is 0 Å². The lowest BCUT2D eigenvalue weighted by Gasteiger charge is -2.12. The molecule has 1 aromatic rings. The van der Waals surface area contributed by atoms with Gasteiger partial charge in [0.1, 0.15) is 0 Å². The zero-order valence-corrected chi connectivity index (χ0v) is 10.4. The molecule has 0 saturated heterocycles. The Bertz CT molecular complexity index is 354. The molecule has 5 heteroatoms. The normalized spacial score (nSPS) is 12.4. The molecule has 1 unspecified atom stereocenters. The number of ether oxygens (including phenoxy) is 2. The first-order valence-electron chi connectivity index (χ1n) is 4.71. The molecule has 0 aliphatic carbocycles. The van der Waals surface area contributed by atoms with Crippen LogP contribution in [0.15, 0.2) is 28.7 Å². The smallest absolute Gasteiger partial charge is 0.335 e. The quantitative estimate of drug-likeness (QED) is 0.871. The van der Waals surface area contributed by atoms with E-state index >= 15 is 0 Å². The Morgan fingerprint density at radius 1 is 1.56 bits per heavy atom. The molecule has 0 radical (unpaired) electrons. The van der Waals surface area contributed by atoms with Crippen molar-refractivity contribution < 1.29 is 19.4 Å². The SMILES string of the molecule is COCC(OCc1cccc(Br)c1)C(=O)O. The average molecular weight is 289 g/mol. The van der Waals surface area contributed by atoms with Gasteiger partial charge in [-0.2, -0.15) is 0 Å². The van der Waals surface area contributed by atoms with Crippen LogP contribution in [-0.4, -0.2) is 30.9 Å². The lowest BCUT2D eigenvalue weighted by atomic mass is 10.2. The van der Waals surface area contributed by atoms with E-state index in [0.29, 0.717) is 0 Å². The van der Waals surface area contributed by atoms with Crippen molar-refractivity contribution in [1.29, 1.82) is 0 Å². The fourth-order valence-corrected chi connectivity index (χ4v) is 1.61.